The van der Waals surface area contributed by atoms with Gasteiger partial charge in [0, 0.05) is 5.57 Å². The van der Waals surface area contributed by atoms with E-state index in [4.69, 9.17) is 4.74 Å². The predicted molar refractivity (Wildman–Crippen MR) is 69.8 cm³/mol. The quantitative estimate of drug-likeness (QED) is 0.426. The zero-order valence-electron chi connectivity index (χ0n) is 10.6. The lowest BCUT2D eigenvalue weighted by molar-refractivity contribution is -0.136. The van der Waals surface area contributed by atoms with Crippen molar-refractivity contribution in [3.05, 3.63) is 47.5 Å². The molecule has 0 N–H and O–H groups in total. The number of ether oxygens (including phenoxy) is 1. The van der Waals surface area contributed by atoms with Gasteiger partial charge in [-0.2, -0.15) is 0 Å². The molecule has 0 fully saturated rings. The molecule has 0 aliphatic rings. The van der Waals surface area contributed by atoms with Gasteiger partial charge in [-0.15, -0.1) is 0 Å². The van der Waals surface area contributed by atoms with Gasteiger partial charge in [-0.1, -0.05) is 36.4 Å². The zero-order valence-corrected chi connectivity index (χ0v) is 10.6. The number of aryl methyl sites for hydroxylation is 1. The summed E-state index contributed by atoms with van der Waals surface area (Å²) in [5.74, 6) is -0.202. The Morgan fingerprint density at radius 2 is 1.94 bits per heavy atom. The highest BCUT2D eigenvalue weighted by Gasteiger charge is 2.07. The number of hydrogen-bond donors (Lipinski definition) is 0. The van der Waals surface area contributed by atoms with Crippen LogP contribution in [0.25, 0.3) is 0 Å². The van der Waals surface area contributed by atoms with Crippen molar-refractivity contribution in [2.24, 2.45) is 0 Å². The van der Waals surface area contributed by atoms with Crippen LogP contribution in [0.5, 0.6) is 0 Å². The lowest BCUT2D eigenvalue weighted by atomic mass is 10.0. The van der Waals surface area contributed by atoms with Crippen LogP contribution in [0.15, 0.2) is 42.0 Å². The Hall–Kier alpha value is -1.57. The summed E-state index contributed by atoms with van der Waals surface area (Å²) in [5, 5.41) is 0. The molecule has 0 bridgehead atoms. The lowest BCUT2D eigenvalue weighted by Crippen LogP contribution is -2.04. The highest BCUT2D eigenvalue weighted by Crippen LogP contribution is 2.12. The van der Waals surface area contributed by atoms with Crippen molar-refractivity contribution in [1.82, 2.24) is 0 Å². The molecule has 0 heterocycles. The number of unbranched alkanes of at least 4 members (excludes halogenated alkanes) is 1. The molecule has 0 unspecified atom stereocenters. The number of carbonyl (C=O) groups excluding carboxylic acids is 1. The topological polar surface area (TPSA) is 26.3 Å². The van der Waals surface area contributed by atoms with Gasteiger partial charge in [-0.05, 0) is 38.2 Å². The largest absolute Gasteiger partial charge is 0.466 e. The van der Waals surface area contributed by atoms with Gasteiger partial charge in [0.05, 0.1) is 7.11 Å². The van der Waals surface area contributed by atoms with Crippen LogP contribution in [0.2, 0.25) is 0 Å². The SMILES string of the molecule is C/C=C(\CCCCc1ccccc1)C(=O)OC. The number of esters is 1. The Morgan fingerprint density at radius 1 is 1.24 bits per heavy atom. The summed E-state index contributed by atoms with van der Waals surface area (Å²) in [5.41, 5.74) is 2.13. The summed E-state index contributed by atoms with van der Waals surface area (Å²) in [6.45, 7) is 1.88. The number of methoxy groups -OCH3 is 1. The second-order valence-corrected chi connectivity index (χ2v) is 4.00. The molecule has 0 aliphatic heterocycles. The molecule has 1 aromatic carbocycles. The van der Waals surface area contributed by atoms with Crippen molar-refractivity contribution >= 4 is 5.97 Å². The molecule has 0 saturated heterocycles. The molecule has 0 spiro atoms. The number of allylic oxidation sites excluding steroid dienone is 1. The van der Waals surface area contributed by atoms with E-state index < -0.39 is 0 Å². The van der Waals surface area contributed by atoms with Gasteiger partial charge in [-0.3, -0.25) is 0 Å². The first-order valence-corrected chi connectivity index (χ1v) is 6.05. The molecular formula is C15H20O2. The Kier molecular flexibility index (Phi) is 6.08. The van der Waals surface area contributed by atoms with Gasteiger partial charge >= 0.3 is 5.97 Å². The summed E-state index contributed by atoms with van der Waals surface area (Å²) >= 11 is 0. The normalized spacial score (nSPS) is 11.3. The molecule has 0 aliphatic carbocycles. The summed E-state index contributed by atoms with van der Waals surface area (Å²) < 4.78 is 4.71. The van der Waals surface area contributed by atoms with Crippen molar-refractivity contribution in [2.75, 3.05) is 7.11 Å². The van der Waals surface area contributed by atoms with E-state index in [0.29, 0.717) is 0 Å². The first-order valence-electron chi connectivity index (χ1n) is 6.05. The molecule has 0 aromatic heterocycles. The zero-order chi connectivity index (χ0) is 12.5. The smallest absolute Gasteiger partial charge is 0.333 e. The summed E-state index contributed by atoms with van der Waals surface area (Å²) in [7, 11) is 1.43. The van der Waals surface area contributed by atoms with Crippen LogP contribution in [-0.2, 0) is 16.0 Å². The van der Waals surface area contributed by atoms with Crippen LogP contribution < -0.4 is 0 Å². The maximum atomic E-state index is 11.3. The highest BCUT2D eigenvalue weighted by molar-refractivity contribution is 5.88. The van der Waals surface area contributed by atoms with Crippen molar-refractivity contribution < 1.29 is 9.53 Å². The number of carbonyl (C=O) groups is 1. The Labute approximate surface area is 103 Å². The third-order valence-electron chi connectivity index (χ3n) is 2.80. The third-order valence-corrected chi connectivity index (χ3v) is 2.80. The van der Waals surface area contributed by atoms with Crippen LogP contribution in [-0.4, -0.2) is 13.1 Å². The molecule has 2 heteroatoms. The van der Waals surface area contributed by atoms with Crippen molar-refractivity contribution in [3.63, 3.8) is 0 Å². The minimum atomic E-state index is -0.202. The molecule has 17 heavy (non-hydrogen) atoms. The van der Waals surface area contributed by atoms with Crippen LogP contribution in [0.4, 0.5) is 0 Å². The average molecular weight is 232 g/mol. The Morgan fingerprint density at radius 3 is 2.53 bits per heavy atom. The van der Waals surface area contributed by atoms with E-state index >= 15 is 0 Å². The van der Waals surface area contributed by atoms with E-state index in [1.807, 2.05) is 19.1 Å². The maximum Gasteiger partial charge on any atom is 0.333 e. The van der Waals surface area contributed by atoms with E-state index in [9.17, 15) is 4.79 Å². The van der Waals surface area contributed by atoms with E-state index in [-0.39, 0.29) is 5.97 Å². The number of hydrogen-bond acceptors (Lipinski definition) is 2. The molecule has 1 rings (SSSR count). The minimum absolute atomic E-state index is 0.202. The van der Waals surface area contributed by atoms with E-state index in [0.717, 1.165) is 31.3 Å². The molecule has 2 nitrogen and oxygen atoms in total. The fraction of sp³-hybridized carbons (Fsp3) is 0.400. The van der Waals surface area contributed by atoms with Crippen LogP contribution in [0.1, 0.15) is 31.7 Å². The molecule has 0 radical (unpaired) electrons. The fourth-order valence-corrected chi connectivity index (χ4v) is 1.78. The molecule has 1 aromatic rings. The van der Waals surface area contributed by atoms with Crippen molar-refractivity contribution in [1.29, 1.82) is 0 Å². The summed E-state index contributed by atoms with van der Waals surface area (Å²) in [4.78, 5) is 11.3. The fourth-order valence-electron chi connectivity index (χ4n) is 1.78. The van der Waals surface area contributed by atoms with Crippen molar-refractivity contribution in [3.8, 4) is 0 Å². The monoisotopic (exact) mass is 232 g/mol. The van der Waals surface area contributed by atoms with Gasteiger partial charge in [-0.25, -0.2) is 4.79 Å². The van der Waals surface area contributed by atoms with Gasteiger partial charge in [0.2, 0.25) is 0 Å². The highest BCUT2D eigenvalue weighted by atomic mass is 16.5. The van der Waals surface area contributed by atoms with E-state index in [1.165, 1.54) is 12.7 Å². The number of benzene rings is 1. The summed E-state index contributed by atoms with van der Waals surface area (Å²) in [6, 6.07) is 10.4. The van der Waals surface area contributed by atoms with Crippen LogP contribution in [0.3, 0.4) is 0 Å². The predicted octanol–water partition coefficient (Wildman–Crippen LogP) is 3.52. The number of rotatable bonds is 6. The maximum absolute atomic E-state index is 11.3. The Balaban J connectivity index is 2.26. The minimum Gasteiger partial charge on any atom is -0.466 e. The van der Waals surface area contributed by atoms with Gasteiger partial charge in [0.25, 0.3) is 0 Å². The van der Waals surface area contributed by atoms with Crippen LogP contribution >= 0.6 is 0 Å². The van der Waals surface area contributed by atoms with Crippen molar-refractivity contribution in [2.45, 2.75) is 32.6 Å². The second kappa shape index (κ2) is 7.66. The third kappa shape index (κ3) is 4.85. The summed E-state index contributed by atoms with van der Waals surface area (Å²) in [6.07, 6.45) is 5.82. The van der Waals surface area contributed by atoms with E-state index in [2.05, 4.69) is 24.3 Å². The molecule has 0 amide bonds. The molecule has 0 atom stereocenters. The van der Waals surface area contributed by atoms with Crippen LogP contribution in [0, 0.1) is 0 Å². The molecular weight excluding hydrogens is 212 g/mol. The molecule has 0 saturated carbocycles. The lowest BCUT2D eigenvalue weighted by Gasteiger charge is -2.05. The molecule has 92 valence electrons. The van der Waals surface area contributed by atoms with Gasteiger partial charge < -0.3 is 4.74 Å². The average Bonchev–Trinajstić information content (AvgIpc) is 2.39. The van der Waals surface area contributed by atoms with E-state index in [1.54, 1.807) is 0 Å². The van der Waals surface area contributed by atoms with Gasteiger partial charge in [0.1, 0.15) is 0 Å². The first-order chi connectivity index (χ1) is 8.27. The Bertz CT molecular complexity index is 366. The second-order valence-electron chi connectivity index (χ2n) is 4.00. The standard InChI is InChI=1S/C15H20O2/c1-3-14(15(16)17-2)12-8-7-11-13-9-5-4-6-10-13/h3-6,9-10H,7-8,11-12H2,1-2H3/b14-3+. The van der Waals surface area contributed by atoms with Gasteiger partial charge in [0.15, 0.2) is 0 Å². The first kappa shape index (κ1) is 13.5.